The predicted molar refractivity (Wildman–Crippen MR) is 57.0 cm³/mol. The molecule has 1 heterocycles. The van der Waals surface area contributed by atoms with Gasteiger partial charge >= 0.3 is 0 Å². The van der Waals surface area contributed by atoms with Gasteiger partial charge in [-0.05, 0) is 19.4 Å². The zero-order valence-corrected chi connectivity index (χ0v) is 9.26. The average molecular weight is 222 g/mol. The first-order valence-electron chi connectivity index (χ1n) is 4.51. The first-order valence-corrected chi connectivity index (χ1v) is 6.06. The van der Waals surface area contributed by atoms with E-state index in [0.29, 0.717) is 11.1 Å². The summed E-state index contributed by atoms with van der Waals surface area (Å²) in [5.74, 6) is -0.220. The van der Waals surface area contributed by atoms with Crippen molar-refractivity contribution in [1.82, 2.24) is 0 Å². The van der Waals surface area contributed by atoms with Gasteiger partial charge in [-0.1, -0.05) is 18.2 Å². The summed E-state index contributed by atoms with van der Waals surface area (Å²) in [5.41, 5.74) is 1.50. The van der Waals surface area contributed by atoms with Crippen LogP contribution in [0.15, 0.2) is 28.5 Å². The molecule has 0 fully saturated rings. The van der Waals surface area contributed by atoms with Gasteiger partial charge in [0.2, 0.25) is 9.84 Å². The quantitative estimate of drug-likeness (QED) is 0.726. The van der Waals surface area contributed by atoms with E-state index in [9.17, 15) is 13.2 Å². The summed E-state index contributed by atoms with van der Waals surface area (Å²) in [6.45, 7) is 3.10. The first kappa shape index (κ1) is 10.1. The number of hydrogen-bond acceptors (Lipinski definition) is 3. The minimum Gasteiger partial charge on any atom is -0.294 e. The first-order chi connectivity index (χ1) is 6.93. The second-order valence-corrected chi connectivity index (χ2v) is 5.32. The number of sulfone groups is 1. The van der Waals surface area contributed by atoms with Gasteiger partial charge in [-0.25, -0.2) is 8.42 Å². The van der Waals surface area contributed by atoms with E-state index in [0.717, 1.165) is 5.41 Å². The van der Waals surface area contributed by atoms with Crippen molar-refractivity contribution in [1.29, 1.82) is 0 Å². The highest BCUT2D eigenvalue weighted by Crippen LogP contribution is 2.35. The van der Waals surface area contributed by atoms with E-state index in [1.54, 1.807) is 25.1 Å². The summed E-state index contributed by atoms with van der Waals surface area (Å²) in [6.07, 6.45) is 0. The average Bonchev–Trinajstić information content (AvgIpc) is 2.39. The fourth-order valence-electron chi connectivity index (χ4n) is 1.79. The van der Waals surface area contributed by atoms with Gasteiger partial charge in [0.15, 0.2) is 5.78 Å². The van der Waals surface area contributed by atoms with Crippen molar-refractivity contribution < 1.29 is 13.2 Å². The lowest BCUT2D eigenvalue weighted by atomic mass is 10.0. The molecule has 0 spiro atoms. The SMILES string of the molecule is CC(=O)C1=CS(=O)(=O)c2c(C)cccc21. The van der Waals surface area contributed by atoms with E-state index < -0.39 is 9.84 Å². The topological polar surface area (TPSA) is 51.2 Å². The number of benzene rings is 1. The van der Waals surface area contributed by atoms with Crippen molar-refractivity contribution >= 4 is 21.2 Å². The van der Waals surface area contributed by atoms with E-state index in [-0.39, 0.29) is 16.3 Å². The van der Waals surface area contributed by atoms with Crippen molar-refractivity contribution in [2.75, 3.05) is 0 Å². The van der Waals surface area contributed by atoms with Gasteiger partial charge in [0, 0.05) is 16.5 Å². The highest BCUT2D eigenvalue weighted by Gasteiger charge is 2.30. The Morgan fingerprint density at radius 3 is 2.53 bits per heavy atom. The maximum absolute atomic E-state index is 11.8. The van der Waals surface area contributed by atoms with Crippen LogP contribution in [0.2, 0.25) is 0 Å². The lowest BCUT2D eigenvalue weighted by Gasteiger charge is -2.03. The van der Waals surface area contributed by atoms with Gasteiger partial charge in [0.25, 0.3) is 0 Å². The molecule has 0 saturated carbocycles. The Bertz CT molecular complexity index is 580. The van der Waals surface area contributed by atoms with Crippen LogP contribution in [0.3, 0.4) is 0 Å². The predicted octanol–water partition coefficient (Wildman–Crippen LogP) is 1.71. The zero-order valence-electron chi connectivity index (χ0n) is 8.44. The Labute approximate surface area is 88.3 Å². The van der Waals surface area contributed by atoms with E-state index in [1.165, 1.54) is 6.92 Å². The molecular weight excluding hydrogens is 212 g/mol. The standard InChI is InChI=1S/C11H10O3S/c1-7-4-3-5-9-10(8(2)12)6-15(13,14)11(7)9/h3-6H,1-2H3. The van der Waals surface area contributed by atoms with Crippen LogP contribution in [-0.4, -0.2) is 14.2 Å². The smallest absolute Gasteiger partial charge is 0.201 e. The van der Waals surface area contributed by atoms with Crippen LogP contribution in [0.4, 0.5) is 0 Å². The van der Waals surface area contributed by atoms with Crippen molar-refractivity contribution in [2.24, 2.45) is 0 Å². The molecule has 1 aromatic carbocycles. The lowest BCUT2D eigenvalue weighted by molar-refractivity contribution is -0.111. The number of carbonyl (C=O) groups is 1. The van der Waals surface area contributed by atoms with Crippen molar-refractivity contribution in [3.8, 4) is 0 Å². The minimum atomic E-state index is -3.41. The van der Waals surface area contributed by atoms with Gasteiger partial charge in [0.05, 0.1) is 4.90 Å². The van der Waals surface area contributed by atoms with Crippen LogP contribution in [0.5, 0.6) is 0 Å². The molecule has 3 nitrogen and oxygen atoms in total. The summed E-state index contributed by atoms with van der Waals surface area (Å²) >= 11 is 0. The second kappa shape index (κ2) is 3.03. The molecule has 0 radical (unpaired) electrons. The Hall–Kier alpha value is -1.42. The Morgan fingerprint density at radius 1 is 1.27 bits per heavy atom. The largest absolute Gasteiger partial charge is 0.294 e. The molecule has 0 unspecified atom stereocenters. The second-order valence-electron chi connectivity index (χ2n) is 3.58. The van der Waals surface area contributed by atoms with E-state index >= 15 is 0 Å². The molecule has 2 rings (SSSR count). The third-order valence-electron chi connectivity index (χ3n) is 2.44. The molecule has 15 heavy (non-hydrogen) atoms. The number of allylic oxidation sites excluding steroid dienone is 1. The van der Waals surface area contributed by atoms with Gasteiger partial charge < -0.3 is 0 Å². The summed E-state index contributed by atoms with van der Waals surface area (Å²) in [4.78, 5) is 11.5. The summed E-state index contributed by atoms with van der Waals surface area (Å²) < 4.78 is 23.5. The summed E-state index contributed by atoms with van der Waals surface area (Å²) in [5, 5.41) is 1.06. The third kappa shape index (κ3) is 1.41. The third-order valence-corrected chi connectivity index (χ3v) is 4.10. The molecule has 1 aliphatic rings. The molecule has 1 aromatic rings. The number of carbonyl (C=O) groups excluding carboxylic acids is 1. The number of fused-ring (bicyclic) bond motifs is 1. The molecule has 0 aromatic heterocycles. The molecule has 1 aliphatic heterocycles. The maximum Gasteiger partial charge on any atom is 0.201 e. The molecule has 4 heteroatoms. The summed E-state index contributed by atoms with van der Waals surface area (Å²) in [6, 6.07) is 5.15. The fraction of sp³-hybridized carbons (Fsp3) is 0.182. The van der Waals surface area contributed by atoms with Crippen LogP contribution in [0.25, 0.3) is 5.57 Å². The van der Waals surface area contributed by atoms with Gasteiger partial charge in [-0.3, -0.25) is 4.79 Å². The molecular formula is C11H10O3S. The number of Topliss-reactive ketones (excluding diaryl/α,β-unsaturated/α-hetero) is 1. The number of rotatable bonds is 1. The number of aryl methyl sites for hydroxylation is 1. The normalized spacial score (nSPS) is 17.1. The van der Waals surface area contributed by atoms with Crippen LogP contribution in [0.1, 0.15) is 18.1 Å². The molecule has 0 atom stereocenters. The summed E-state index contributed by atoms with van der Waals surface area (Å²) in [7, 11) is -3.41. The van der Waals surface area contributed by atoms with Gasteiger partial charge in [0.1, 0.15) is 0 Å². The highest BCUT2D eigenvalue weighted by atomic mass is 32.2. The fourth-order valence-corrected chi connectivity index (χ4v) is 3.51. The van der Waals surface area contributed by atoms with Crippen molar-refractivity contribution in [2.45, 2.75) is 18.7 Å². The maximum atomic E-state index is 11.8. The molecule has 0 N–H and O–H groups in total. The van der Waals surface area contributed by atoms with Gasteiger partial charge in [-0.2, -0.15) is 0 Å². The Balaban J connectivity index is 2.85. The van der Waals surface area contributed by atoms with Crippen LogP contribution in [0, 0.1) is 6.92 Å². The molecule has 0 saturated heterocycles. The zero-order chi connectivity index (χ0) is 11.2. The minimum absolute atomic E-state index is 0.220. The Morgan fingerprint density at radius 2 is 1.93 bits per heavy atom. The van der Waals surface area contributed by atoms with Gasteiger partial charge in [-0.15, -0.1) is 0 Å². The van der Waals surface area contributed by atoms with Crippen LogP contribution < -0.4 is 0 Å². The molecule has 0 aliphatic carbocycles. The number of hydrogen-bond donors (Lipinski definition) is 0. The van der Waals surface area contributed by atoms with E-state index in [4.69, 9.17) is 0 Å². The number of ketones is 1. The van der Waals surface area contributed by atoms with Crippen LogP contribution >= 0.6 is 0 Å². The Kier molecular flexibility index (Phi) is 2.04. The molecule has 78 valence electrons. The van der Waals surface area contributed by atoms with E-state index in [2.05, 4.69) is 0 Å². The molecule has 0 bridgehead atoms. The monoisotopic (exact) mass is 222 g/mol. The van der Waals surface area contributed by atoms with Crippen molar-refractivity contribution in [3.05, 3.63) is 34.7 Å². The lowest BCUT2D eigenvalue weighted by Crippen LogP contribution is -1.97. The van der Waals surface area contributed by atoms with Crippen molar-refractivity contribution in [3.63, 3.8) is 0 Å². The highest BCUT2D eigenvalue weighted by molar-refractivity contribution is 7.95. The van der Waals surface area contributed by atoms with Crippen LogP contribution in [-0.2, 0) is 14.6 Å². The van der Waals surface area contributed by atoms with E-state index in [1.807, 2.05) is 0 Å². The molecule has 0 amide bonds.